The normalized spacial score (nSPS) is 17.0. The summed E-state index contributed by atoms with van der Waals surface area (Å²) in [7, 11) is 2.21. The molecule has 222 valence electrons. The quantitative estimate of drug-likeness (QED) is 0.385. The molecule has 0 saturated carbocycles. The number of hydrogen-bond donors (Lipinski definition) is 1. The molecule has 5 rings (SSSR count). The Morgan fingerprint density at radius 1 is 1.05 bits per heavy atom. The van der Waals surface area contributed by atoms with E-state index >= 15 is 0 Å². The second-order valence-electron chi connectivity index (χ2n) is 9.86. The first-order valence-corrected chi connectivity index (χ1v) is 13.5. The molecule has 1 aliphatic carbocycles. The van der Waals surface area contributed by atoms with Crippen molar-refractivity contribution in [2.24, 2.45) is 5.73 Å². The summed E-state index contributed by atoms with van der Waals surface area (Å²) in [5.41, 5.74) is 5.85. The number of methoxy groups -OCH3 is 2. The minimum Gasteiger partial charge on any atom is -0.466 e. The van der Waals surface area contributed by atoms with Crippen LogP contribution in [0.1, 0.15) is 41.3 Å². The molecule has 0 fully saturated rings. The summed E-state index contributed by atoms with van der Waals surface area (Å²) >= 11 is 6.39. The third-order valence-electron chi connectivity index (χ3n) is 7.47. The number of nitrogens with zero attached hydrogens (tertiary/aromatic N) is 4. The van der Waals surface area contributed by atoms with E-state index in [4.69, 9.17) is 26.8 Å². The Bertz CT molecular complexity index is 1720. The number of alkyl halides is 3. The van der Waals surface area contributed by atoms with Crippen molar-refractivity contribution in [1.29, 1.82) is 5.26 Å². The second-order valence-corrected chi connectivity index (χ2v) is 10.3. The number of rotatable bonds is 5. The van der Waals surface area contributed by atoms with Crippen molar-refractivity contribution in [3.63, 3.8) is 0 Å². The summed E-state index contributed by atoms with van der Waals surface area (Å²) < 4.78 is 53.6. The minimum absolute atomic E-state index is 0.00402. The number of nitrogens with two attached hydrogens (primary N) is 1. The van der Waals surface area contributed by atoms with Crippen molar-refractivity contribution in [1.82, 2.24) is 9.78 Å². The number of benzene rings is 2. The van der Waals surface area contributed by atoms with Gasteiger partial charge in [0.25, 0.3) is 0 Å². The molecule has 43 heavy (non-hydrogen) atoms. The molecule has 3 aromatic rings. The second kappa shape index (κ2) is 11.5. The van der Waals surface area contributed by atoms with Crippen LogP contribution in [0.3, 0.4) is 0 Å². The largest absolute Gasteiger partial charge is 0.466 e. The fourth-order valence-corrected chi connectivity index (χ4v) is 5.81. The first kappa shape index (κ1) is 29.7. The highest BCUT2D eigenvalue weighted by Gasteiger charge is 2.45. The van der Waals surface area contributed by atoms with E-state index in [1.807, 2.05) is 0 Å². The molecule has 2 aliphatic rings. The molecule has 0 saturated heterocycles. The zero-order chi connectivity index (χ0) is 31.1. The third kappa shape index (κ3) is 5.10. The molecule has 2 aromatic carbocycles. The van der Waals surface area contributed by atoms with Crippen molar-refractivity contribution in [2.75, 3.05) is 19.1 Å². The van der Waals surface area contributed by atoms with E-state index in [0.717, 1.165) is 23.8 Å². The summed E-state index contributed by atoms with van der Waals surface area (Å²) in [5.74, 6) is -3.34. The van der Waals surface area contributed by atoms with Gasteiger partial charge in [-0.25, -0.2) is 14.3 Å². The van der Waals surface area contributed by atoms with E-state index in [1.165, 1.54) is 18.2 Å². The molecule has 13 heteroatoms. The van der Waals surface area contributed by atoms with E-state index in [1.54, 1.807) is 30.3 Å². The van der Waals surface area contributed by atoms with Crippen LogP contribution in [0.4, 0.5) is 18.9 Å². The van der Waals surface area contributed by atoms with Crippen molar-refractivity contribution in [3.05, 3.63) is 98.7 Å². The van der Waals surface area contributed by atoms with Crippen LogP contribution >= 0.6 is 11.6 Å². The van der Waals surface area contributed by atoms with Gasteiger partial charge in [-0.15, -0.1) is 0 Å². The van der Waals surface area contributed by atoms with Crippen LogP contribution in [0.5, 0.6) is 0 Å². The number of fused-ring (bicyclic) bond motifs is 1. The molecule has 1 unspecified atom stereocenters. The molecule has 1 atom stereocenters. The van der Waals surface area contributed by atoms with E-state index in [-0.39, 0.29) is 51.0 Å². The molecule has 0 amide bonds. The summed E-state index contributed by atoms with van der Waals surface area (Å²) in [6.07, 6.45) is -2.99. The lowest BCUT2D eigenvalue weighted by Gasteiger charge is -2.36. The number of aromatic nitrogens is 2. The SMILES string of the molecule is COC(=O)C1=C(C(=O)OC)N(c2cc(Cl)ccc2-n2nc(C(F)(F)F)c3c2CCCC3)C(N)=C(C#N)C1c1ccccc1. The topological polar surface area (TPSA) is 123 Å². The monoisotopic (exact) mass is 611 g/mol. The summed E-state index contributed by atoms with van der Waals surface area (Å²) in [6.45, 7) is 0. The number of carbonyl (C=O) groups is 2. The average molecular weight is 612 g/mol. The number of allylic oxidation sites excluding steroid dienone is 1. The van der Waals surface area contributed by atoms with Crippen molar-refractivity contribution >= 4 is 29.2 Å². The maximum Gasteiger partial charge on any atom is 0.435 e. The number of halogens is 4. The Balaban J connectivity index is 1.87. The number of carbonyl (C=O) groups excluding carboxylic acids is 2. The molecule has 9 nitrogen and oxygen atoms in total. The lowest BCUT2D eigenvalue weighted by atomic mass is 9.81. The minimum atomic E-state index is -4.71. The van der Waals surface area contributed by atoms with E-state index in [2.05, 4.69) is 11.2 Å². The zero-order valence-electron chi connectivity index (χ0n) is 23.0. The summed E-state index contributed by atoms with van der Waals surface area (Å²) in [5, 5.41) is 14.4. The number of nitriles is 1. The van der Waals surface area contributed by atoms with Crippen LogP contribution in [0, 0.1) is 11.3 Å². The van der Waals surface area contributed by atoms with Crippen LogP contribution in [0.2, 0.25) is 5.02 Å². The van der Waals surface area contributed by atoms with Gasteiger partial charge in [-0.2, -0.15) is 23.5 Å². The Labute approximate surface area is 249 Å². The smallest absolute Gasteiger partial charge is 0.435 e. The Morgan fingerprint density at radius 3 is 2.35 bits per heavy atom. The van der Waals surface area contributed by atoms with Gasteiger partial charge >= 0.3 is 18.1 Å². The van der Waals surface area contributed by atoms with Crippen LogP contribution in [0.15, 0.2) is 71.2 Å². The molecular weight excluding hydrogens is 587 g/mol. The van der Waals surface area contributed by atoms with Crippen molar-refractivity contribution < 1.29 is 32.2 Å². The van der Waals surface area contributed by atoms with Crippen LogP contribution in [-0.2, 0) is 38.1 Å². The fourth-order valence-electron chi connectivity index (χ4n) is 5.64. The molecule has 2 heterocycles. The van der Waals surface area contributed by atoms with Crippen LogP contribution < -0.4 is 10.6 Å². The van der Waals surface area contributed by atoms with Gasteiger partial charge in [0.05, 0.1) is 48.7 Å². The van der Waals surface area contributed by atoms with Crippen molar-refractivity contribution in [2.45, 2.75) is 37.8 Å². The van der Waals surface area contributed by atoms with E-state index < -0.39 is 29.7 Å². The van der Waals surface area contributed by atoms with E-state index in [9.17, 15) is 28.0 Å². The lowest BCUT2D eigenvalue weighted by Crippen LogP contribution is -2.41. The molecule has 1 aromatic heterocycles. The first-order chi connectivity index (χ1) is 20.5. The fraction of sp³-hybridized carbons (Fsp3) is 0.267. The van der Waals surface area contributed by atoms with E-state index in [0.29, 0.717) is 30.5 Å². The van der Waals surface area contributed by atoms with Gasteiger partial charge in [-0.05, 0) is 49.4 Å². The van der Waals surface area contributed by atoms with Crippen LogP contribution in [-0.4, -0.2) is 35.9 Å². The van der Waals surface area contributed by atoms with Crippen LogP contribution in [0.25, 0.3) is 5.69 Å². The molecule has 0 bridgehead atoms. The molecular formula is C30H25ClF3N5O4. The average Bonchev–Trinajstić information content (AvgIpc) is 3.40. The molecule has 0 spiro atoms. The Hall–Kier alpha value is -4.76. The van der Waals surface area contributed by atoms with Crippen molar-refractivity contribution in [3.8, 4) is 11.8 Å². The number of esters is 2. The van der Waals surface area contributed by atoms with Gasteiger partial charge < -0.3 is 15.2 Å². The van der Waals surface area contributed by atoms with Gasteiger partial charge in [0, 0.05) is 16.3 Å². The van der Waals surface area contributed by atoms with Gasteiger partial charge in [-0.3, -0.25) is 4.90 Å². The lowest BCUT2D eigenvalue weighted by molar-refractivity contribution is -0.142. The molecule has 0 radical (unpaired) electrons. The third-order valence-corrected chi connectivity index (χ3v) is 7.70. The van der Waals surface area contributed by atoms with Gasteiger partial charge in [-0.1, -0.05) is 41.9 Å². The van der Waals surface area contributed by atoms with Gasteiger partial charge in [0.2, 0.25) is 0 Å². The first-order valence-electron chi connectivity index (χ1n) is 13.2. The standard InChI is InChI=1S/C30H25ClF3N5O4/c1-42-28(40)24-23(16-8-4-3-5-9-16)19(15-35)27(36)38(25(24)29(41)43-2)22-14-17(31)12-13-21(22)39-20-11-7-6-10-18(20)26(37-39)30(32,33)34/h3-5,8-9,12-14,23H,6-7,10-11,36H2,1-2H3. The number of ether oxygens (including phenoxy) is 2. The highest BCUT2D eigenvalue weighted by molar-refractivity contribution is 6.31. The molecule has 1 aliphatic heterocycles. The number of hydrogen-bond acceptors (Lipinski definition) is 8. The highest BCUT2D eigenvalue weighted by Crippen LogP contribution is 2.46. The Kier molecular flexibility index (Phi) is 7.94. The zero-order valence-corrected chi connectivity index (χ0v) is 23.8. The van der Waals surface area contributed by atoms with Gasteiger partial charge in [0.1, 0.15) is 11.5 Å². The van der Waals surface area contributed by atoms with Gasteiger partial charge in [0.15, 0.2) is 5.69 Å². The maximum atomic E-state index is 14.1. The predicted octanol–water partition coefficient (Wildman–Crippen LogP) is 5.32. The number of anilines is 1. The molecule has 2 N–H and O–H groups in total. The summed E-state index contributed by atoms with van der Waals surface area (Å²) in [6, 6.07) is 14.7. The Morgan fingerprint density at radius 2 is 1.72 bits per heavy atom. The summed E-state index contributed by atoms with van der Waals surface area (Å²) in [4.78, 5) is 28.0. The maximum absolute atomic E-state index is 14.1. The predicted molar refractivity (Wildman–Crippen MR) is 150 cm³/mol. The highest BCUT2D eigenvalue weighted by atomic mass is 35.5.